The van der Waals surface area contributed by atoms with Gasteiger partial charge in [0.25, 0.3) is 0 Å². The molecule has 0 aliphatic heterocycles. The quantitative estimate of drug-likeness (QED) is 0.771. The number of hydrogen-bond acceptors (Lipinski definition) is 2. The topological polar surface area (TPSA) is 52.0 Å². The Labute approximate surface area is 105 Å². The number of nitrogens with two attached hydrogens (primary N) is 2. The predicted molar refractivity (Wildman–Crippen MR) is 73.3 cm³/mol. The lowest BCUT2D eigenvalue weighted by atomic mass is 9.69. The maximum absolute atomic E-state index is 6.21. The monoisotopic (exact) mass is 234 g/mol. The number of rotatable bonds is 2. The van der Waals surface area contributed by atoms with Crippen LogP contribution >= 0.6 is 0 Å². The fourth-order valence-corrected chi connectivity index (χ4v) is 3.43. The Kier molecular flexibility index (Phi) is 3.62. The van der Waals surface area contributed by atoms with Crippen molar-refractivity contribution in [3.05, 3.63) is 23.4 Å². The first-order chi connectivity index (χ1) is 7.99. The van der Waals surface area contributed by atoms with Crippen molar-refractivity contribution >= 4 is 0 Å². The van der Waals surface area contributed by atoms with Crippen LogP contribution in [0, 0.1) is 11.3 Å². The highest BCUT2D eigenvalue weighted by atomic mass is 14.7. The molecule has 0 radical (unpaired) electrons. The second-order valence-electron chi connectivity index (χ2n) is 6.36. The second kappa shape index (κ2) is 4.85. The third-order valence-corrected chi connectivity index (χ3v) is 4.54. The van der Waals surface area contributed by atoms with Gasteiger partial charge in [-0.1, -0.05) is 18.6 Å². The van der Waals surface area contributed by atoms with Crippen molar-refractivity contribution in [3.8, 4) is 0 Å². The maximum Gasteiger partial charge on any atom is 0.0144 e. The minimum Gasteiger partial charge on any atom is -0.402 e. The number of hydrogen-bond donors (Lipinski definition) is 2. The van der Waals surface area contributed by atoms with E-state index in [1.807, 2.05) is 0 Å². The third kappa shape index (κ3) is 2.92. The van der Waals surface area contributed by atoms with E-state index in [0.717, 1.165) is 18.0 Å². The molecule has 0 bridgehead atoms. The first-order valence-electron chi connectivity index (χ1n) is 6.88. The van der Waals surface area contributed by atoms with Crippen LogP contribution in [0.25, 0.3) is 0 Å². The van der Waals surface area contributed by atoms with Gasteiger partial charge in [-0.25, -0.2) is 0 Å². The van der Waals surface area contributed by atoms with E-state index in [-0.39, 0.29) is 5.41 Å². The molecule has 2 heteroatoms. The molecule has 1 atom stereocenters. The summed E-state index contributed by atoms with van der Waals surface area (Å²) in [6.07, 6.45) is 11.6. The van der Waals surface area contributed by atoms with Crippen molar-refractivity contribution < 1.29 is 0 Å². The van der Waals surface area contributed by atoms with Crippen molar-refractivity contribution in [1.29, 1.82) is 0 Å². The van der Waals surface area contributed by atoms with Crippen LogP contribution in [-0.4, -0.2) is 6.04 Å². The standard InChI is InChI=1S/C15H26N2/c1-11-3-8-14(17)15(2,9-11)10-12-4-6-13(16)7-5-12/h3,8,12-13H,4-7,9-10,16-17H2,1-2H3. The Morgan fingerprint density at radius 2 is 1.88 bits per heavy atom. The highest BCUT2D eigenvalue weighted by molar-refractivity contribution is 5.27. The zero-order valence-electron chi connectivity index (χ0n) is 11.2. The van der Waals surface area contributed by atoms with Gasteiger partial charge in [0.05, 0.1) is 0 Å². The summed E-state index contributed by atoms with van der Waals surface area (Å²) in [4.78, 5) is 0. The molecule has 1 unspecified atom stereocenters. The highest BCUT2D eigenvalue weighted by Crippen LogP contribution is 2.43. The Morgan fingerprint density at radius 3 is 2.53 bits per heavy atom. The van der Waals surface area contributed by atoms with Gasteiger partial charge >= 0.3 is 0 Å². The van der Waals surface area contributed by atoms with Gasteiger partial charge in [0.15, 0.2) is 0 Å². The molecule has 0 saturated heterocycles. The van der Waals surface area contributed by atoms with Gasteiger partial charge in [0.2, 0.25) is 0 Å². The molecule has 0 amide bonds. The second-order valence-corrected chi connectivity index (χ2v) is 6.36. The molecule has 2 rings (SSSR count). The predicted octanol–water partition coefficient (Wildman–Crippen LogP) is 3.09. The average molecular weight is 234 g/mol. The smallest absolute Gasteiger partial charge is 0.0144 e. The summed E-state index contributed by atoms with van der Waals surface area (Å²) in [6, 6.07) is 0.444. The van der Waals surface area contributed by atoms with E-state index < -0.39 is 0 Å². The molecule has 4 N–H and O–H groups in total. The van der Waals surface area contributed by atoms with Gasteiger partial charge < -0.3 is 11.5 Å². The molecule has 17 heavy (non-hydrogen) atoms. The first kappa shape index (κ1) is 12.7. The molecule has 2 aliphatic carbocycles. The molecular weight excluding hydrogens is 208 g/mol. The summed E-state index contributed by atoms with van der Waals surface area (Å²) in [5.41, 5.74) is 14.9. The third-order valence-electron chi connectivity index (χ3n) is 4.54. The largest absolute Gasteiger partial charge is 0.402 e. The van der Waals surface area contributed by atoms with Crippen molar-refractivity contribution in [2.24, 2.45) is 22.8 Å². The molecule has 0 aromatic rings. The lowest BCUT2D eigenvalue weighted by molar-refractivity contribution is 0.221. The van der Waals surface area contributed by atoms with Crippen LogP contribution in [0.2, 0.25) is 0 Å². The fourth-order valence-electron chi connectivity index (χ4n) is 3.43. The molecule has 0 heterocycles. The maximum atomic E-state index is 6.21. The summed E-state index contributed by atoms with van der Waals surface area (Å²) in [5, 5.41) is 0. The van der Waals surface area contributed by atoms with E-state index >= 15 is 0 Å². The normalized spacial score (nSPS) is 38.5. The zero-order valence-corrected chi connectivity index (χ0v) is 11.2. The first-order valence-corrected chi connectivity index (χ1v) is 6.88. The van der Waals surface area contributed by atoms with Gasteiger partial charge in [0.1, 0.15) is 0 Å². The lowest BCUT2D eigenvalue weighted by Crippen LogP contribution is -2.33. The fraction of sp³-hybridized carbons (Fsp3) is 0.733. The van der Waals surface area contributed by atoms with Crippen LogP contribution in [-0.2, 0) is 0 Å². The van der Waals surface area contributed by atoms with E-state index in [0.29, 0.717) is 6.04 Å². The lowest BCUT2D eigenvalue weighted by Gasteiger charge is -2.38. The molecule has 0 aromatic carbocycles. The molecule has 1 fully saturated rings. The molecule has 2 nitrogen and oxygen atoms in total. The molecule has 0 aromatic heterocycles. The van der Waals surface area contributed by atoms with Gasteiger partial charge in [-0.15, -0.1) is 0 Å². The Bertz CT molecular complexity index is 335. The van der Waals surface area contributed by atoms with Crippen LogP contribution in [0.15, 0.2) is 23.4 Å². The number of allylic oxidation sites excluding steroid dienone is 4. The minimum absolute atomic E-state index is 0.185. The minimum atomic E-state index is 0.185. The molecule has 0 spiro atoms. The highest BCUT2D eigenvalue weighted by Gasteiger charge is 2.33. The SMILES string of the molecule is CC1=CC=C(N)C(C)(CC2CCC(N)CC2)C1. The van der Waals surface area contributed by atoms with Crippen LogP contribution in [0.1, 0.15) is 52.4 Å². The van der Waals surface area contributed by atoms with Crippen LogP contribution in [0.5, 0.6) is 0 Å². The Hall–Kier alpha value is -0.760. The van der Waals surface area contributed by atoms with Crippen molar-refractivity contribution in [3.63, 3.8) is 0 Å². The summed E-state index contributed by atoms with van der Waals surface area (Å²) >= 11 is 0. The van der Waals surface area contributed by atoms with E-state index in [1.165, 1.54) is 37.7 Å². The molecule has 1 saturated carbocycles. The van der Waals surface area contributed by atoms with Gasteiger partial charge in [0, 0.05) is 17.2 Å². The Balaban J connectivity index is 1.98. The van der Waals surface area contributed by atoms with Crippen molar-refractivity contribution in [2.75, 3.05) is 0 Å². The summed E-state index contributed by atoms with van der Waals surface area (Å²) in [6.45, 7) is 4.53. The zero-order chi connectivity index (χ0) is 12.5. The van der Waals surface area contributed by atoms with E-state index in [2.05, 4.69) is 26.0 Å². The van der Waals surface area contributed by atoms with E-state index in [4.69, 9.17) is 11.5 Å². The van der Waals surface area contributed by atoms with Gasteiger partial charge in [-0.3, -0.25) is 0 Å². The summed E-state index contributed by atoms with van der Waals surface area (Å²) in [5.74, 6) is 0.817. The van der Waals surface area contributed by atoms with E-state index in [9.17, 15) is 0 Å². The summed E-state index contributed by atoms with van der Waals surface area (Å²) < 4.78 is 0. The van der Waals surface area contributed by atoms with Crippen LogP contribution in [0.3, 0.4) is 0 Å². The van der Waals surface area contributed by atoms with Crippen molar-refractivity contribution in [1.82, 2.24) is 0 Å². The molecule has 2 aliphatic rings. The van der Waals surface area contributed by atoms with E-state index in [1.54, 1.807) is 0 Å². The Morgan fingerprint density at radius 1 is 1.24 bits per heavy atom. The average Bonchev–Trinajstić information content (AvgIpc) is 2.27. The van der Waals surface area contributed by atoms with Gasteiger partial charge in [-0.05, 0) is 57.4 Å². The van der Waals surface area contributed by atoms with Crippen LogP contribution < -0.4 is 11.5 Å². The molecular formula is C15H26N2. The van der Waals surface area contributed by atoms with Crippen molar-refractivity contribution in [2.45, 2.75) is 58.4 Å². The molecule has 96 valence electrons. The summed E-state index contributed by atoms with van der Waals surface area (Å²) in [7, 11) is 0. The van der Waals surface area contributed by atoms with Gasteiger partial charge in [-0.2, -0.15) is 0 Å². The van der Waals surface area contributed by atoms with Crippen LogP contribution in [0.4, 0.5) is 0 Å².